The van der Waals surface area contributed by atoms with Crippen LogP contribution in [0.15, 0.2) is 48.5 Å². The van der Waals surface area contributed by atoms with E-state index in [2.05, 4.69) is 5.32 Å². The molecule has 0 saturated carbocycles. The lowest BCUT2D eigenvalue weighted by molar-refractivity contribution is -0.116. The summed E-state index contributed by atoms with van der Waals surface area (Å²) >= 11 is 0. The molecule has 0 fully saturated rings. The Bertz CT molecular complexity index is 796. The highest BCUT2D eigenvalue weighted by molar-refractivity contribution is 6.00. The number of benzene rings is 2. The average molecular weight is 368 g/mol. The number of hydrogen-bond donors (Lipinski definition) is 1. The molecule has 2 aromatic rings. The summed E-state index contributed by atoms with van der Waals surface area (Å²) in [4.78, 5) is 37.6. The quantitative estimate of drug-likeness (QED) is 0.725. The first-order chi connectivity index (χ1) is 12.9. The fourth-order valence-electron chi connectivity index (χ4n) is 2.45. The topological polar surface area (TPSA) is 75.7 Å². The summed E-state index contributed by atoms with van der Waals surface area (Å²) in [5.74, 6) is 0.262. The van der Waals surface area contributed by atoms with E-state index >= 15 is 0 Å². The second kappa shape index (κ2) is 9.52. The number of ether oxygens (including phenoxy) is 1. The third kappa shape index (κ3) is 5.95. The van der Waals surface area contributed by atoms with Gasteiger partial charge in [0.2, 0.25) is 5.91 Å². The van der Waals surface area contributed by atoms with Gasteiger partial charge in [-0.25, -0.2) is 0 Å². The molecule has 0 radical (unpaired) electrons. The number of Topliss-reactive ketones (excluding diaryl/α,β-unsaturated/α-hetero) is 1. The van der Waals surface area contributed by atoms with E-state index in [9.17, 15) is 14.4 Å². The Balaban J connectivity index is 1.85. The molecule has 0 bridgehead atoms. The summed E-state index contributed by atoms with van der Waals surface area (Å²) < 4.78 is 5.34. The number of nitrogens with one attached hydrogen (secondary N) is 1. The first-order valence-corrected chi connectivity index (χ1v) is 8.78. The number of ketones is 1. The molecule has 142 valence electrons. The van der Waals surface area contributed by atoms with Crippen molar-refractivity contribution in [3.63, 3.8) is 0 Å². The molecule has 6 heteroatoms. The van der Waals surface area contributed by atoms with Gasteiger partial charge in [-0.3, -0.25) is 14.4 Å². The SMILES string of the molecule is CCOc1ccc(C(=O)CCC(=O)Nc2ccc(C(=O)N(C)C)cc2)cc1. The molecule has 0 aliphatic rings. The van der Waals surface area contributed by atoms with Crippen molar-refractivity contribution in [1.29, 1.82) is 0 Å². The number of hydrogen-bond acceptors (Lipinski definition) is 4. The van der Waals surface area contributed by atoms with Crippen LogP contribution in [0.25, 0.3) is 0 Å². The number of carbonyl (C=O) groups is 3. The fraction of sp³-hybridized carbons (Fsp3) is 0.286. The van der Waals surface area contributed by atoms with Gasteiger partial charge in [-0.15, -0.1) is 0 Å². The molecule has 0 aliphatic carbocycles. The smallest absolute Gasteiger partial charge is 0.253 e. The molecule has 0 aliphatic heterocycles. The summed E-state index contributed by atoms with van der Waals surface area (Å²) in [6.45, 7) is 2.46. The molecular formula is C21H24N2O4. The third-order valence-corrected chi connectivity index (χ3v) is 3.89. The Hall–Kier alpha value is -3.15. The Morgan fingerprint density at radius 2 is 1.48 bits per heavy atom. The summed E-state index contributed by atoms with van der Waals surface area (Å²) in [7, 11) is 3.36. The molecule has 0 aromatic heterocycles. The van der Waals surface area contributed by atoms with Gasteiger partial charge in [0, 0.05) is 43.8 Å². The van der Waals surface area contributed by atoms with E-state index < -0.39 is 0 Å². The van der Waals surface area contributed by atoms with Gasteiger partial charge in [-0.1, -0.05) is 0 Å². The van der Waals surface area contributed by atoms with Crippen LogP contribution >= 0.6 is 0 Å². The highest BCUT2D eigenvalue weighted by Crippen LogP contribution is 2.15. The summed E-state index contributed by atoms with van der Waals surface area (Å²) in [5, 5.41) is 2.73. The van der Waals surface area contributed by atoms with Crippen LogP contribution in [-0.2, 0) is 4.79 Å². The minimum Gasteiger partial charge on any atom is -0.494 e. The van der Waals surface area contributed by atoms with Gasteiger partial charge in [0.25, 0.3) is 5.91 Å². The van der Waals surface area contributed by atoms with Crippen LogP contribution in [0.2, 0.25) is 0 Å². The van der Waals surface area contributed by atoms with E-state index in [-0.39, 0.29) is 30.4 Å². The molecule has 0 saturated heterocycles. The lowest BCUT2D eigenvalue weighted by Crippen LogP contribution is -2.21. The van der Waals surface area contributed by atoms with Gasteiger partial charge in [0.1, 0.15) is 5.75 Å². The second-order valence-corrected chi connectivity index (χ2v) is 6.21. The average Bonchev–Trinajstić information content (AvgIpc) is 2.67. The van der Waals surface area contributed by atoms with Crippen molar-refractivity contribution in [3.8, 4) is 5.75 Å². The van der Waals surface area contributed by atoms with Crippen molar-refractivity contribution in [2.24, 2.45) is 0 Å². The number of nitrogens with zero attached hydrogens (tertiary/aromatic N) is 1. The molecule has 2 rings (SSSR count). The summed E-state index contributed by atoms with van der Waals surface area (Å²) in [6, 6.07) is 13.5. The largest absolute Gasteiger partial charge is 0.494 e. The fourth-order valence-corrected chi connectivity index (χ4v) is 2.45. The Kier molecular flexibility index (Phi) is 7.11. The second-order valence-electron chi connectivity index (χ2n) is 6.21. The molecule has 2 amide bonds. The van der Waals surface area contributed by atoms with E-state index in [4.69, 9.17) is 4.74 Å². The van der Waals surface area contributed by atoms with Gasteiger partial charge in [-0.2, -0.15) is 0 Å². The van der Waals surface area contributed by atoms with Gasteiger partial charge >= 0.3 is 0 Å². The molecular weight excluding hydrogens is 344 g/mol. The van der Waals surface area contributed by atoms with E-state index in [1.165, 1.54) is 4.90 Å². The van der Waals surface area contributed by atoms with Crippen molar-refractivity contribution in [2.75, 3.05) is 26.0 Å². The van der Waals surface area contributed by atoms with Crippen LogP contribution in [0.4, 0.5) is 5.69 Å². The molecule has 0 heterocycles. The molecule has 0 atom stereocenters. The van der Waals surface area contributed by atoms with Crippen LogP contribution in [0.5, 0.6) is 5.75 Å². The maximum Gasteiger partial charge on any atom is 0.253 e. The van der Waals surface area contributed by atoms with Gasteiger partial charge in [-0.05, 0) is 55.5 Å². The number of carbonyl (C=O) groups excluding carboxylic acids is 3. The maximum absolute atomic E-state index is 12.2. The first kappa shape index (κ1) is 20.2. The monoisotopic (exact) mass is 368 g/mol. The van der Waals surface area contributed by atoms with Crippen molar-refractivity contribution in [2.45, 2.75) is 19.8 Å². The molecule has 6 nitrogen and oxygen atoms in total. The number of amides is 2. The van der Waals surface area contributed by atoms with E-state index in [0.29, 0.717) is 29.2 Å². The molecule has 0 spiro atoms. The van der Waals surface area contributed by atoms with E-state index in [1.807, 2.05) is 6.92 Å². The first-order valence-electron chi connectivity index (χ1n) is 8.78. The van der Waals surface area contributed by atoms with Crippen LogP contribution < -0.4 is 10.1 Å². The van der Waals surface area contributed by atoms with Gasteiger partial charge in [0.15, 0.2) is 5.78 Å². The standard InChI is InChI=1S/C21H24N2O4/c1-4-27-18-11-7-15(8-12-18)19(24)13-14-20(25)22-17-9-5-16(6-10-17)21(26)23(2)3/h5-12H,4,13-14H2,1-3H3,(H,22,25). The zero-order chi connectivity index (χ0) is 19.8. The third-order valence-electron chi connectivity index (χ3n) is 3.89. The highest BCUT2D eigenvalue weighted by atomic mass is 16.5. The van der Waals surface area contributed by atoms with E-state index in [1.54, 1.807) is 62.6 Å². The molecule has 1 N–H and O–H groups in total. The van der Waals surface area contributed by atoms with Crippen molar-refractivity contribution in [1.82, 2.24) is 4.90 Å². The van der Waals surface area contributed by atoms with Crippen molar-refractivity contribution >= 4 is 23.3 Å². The van der Waals surface area contributed by atoms with Crippen LogP contribution in [0.1, 0.15) is 40.5 Å². The lowest BCUT2D eigenvalue weighted by Gasteiger charge is -2.11. The Labute approximate surface area is 159 Å². The Morgan fingerprint density at radius 3 is 2.04 bits per heavy atom. The molecule has 27 heavy (non-hydrogen) atoms. The van der Waals surface area contributed by atoms with Crippen molar-refractivity contribution in [3.05, 3.63) is 59.7 Å². The molecule has 2 aromatic carbocycles. The predicted octanol–water partition coefficient (Wildman–Crippen LogP) is 3.39. The zero-order valence-corrected chi connectivity index (χ0v) is 15.8. The predicted molar refractivity (Wildman–Crippen MR) is 104 cm³/mol. The number of anilines is 1. The Morgan fingerprint density at radius 1 is 0.889 bits per heavy atom. The van der Waals surface area contributed by atoms with Crippen LogP contribution in [0.3, 0.4) is 0 Å². The van der Waals surface area contributed by atoms with Crippen molar-refractivity contribution < 1.29 is 19.1 Å². The normalized spacial score (nSPS) is 10.2. The van der Waals surface area contributed by atoms with Gasteiger partial charge in [0.05, 0.1) is 6.61 Å². The van der Waals surface area contributed by atoms with Gasteiger partial charge < -0.3 is 15.0 Å². The summed E-state index contributed by atoms with van der Waals surface area (Å²) in [5.41, 5.74) is 1.69. The molecule has 0 unspecified atom stereocenters. The maximum atomic E-state index is 12.2. The highest BCUT2D eigenvalue weighted by Gasteiger charge is 2.11. The van der Waals surface area contributed by atoms with Crippen LogP contribution in [0, 0.1) is 0 Å². The van der Waals surface area contributed by atoms with Crippen LogP contribution in [-0.4, -0.2) is 43.2 Å². The summed E-state index contributed by atoms with van der Waals surface area (Å²) in [6.07, 6.45) is 0.210. The minimum absolute atomic E-state index is 0.0877. The lowest BCUT2D eigenvalue weighted by atomic mass is 10.1. The number of rotatable bonds is 8. The van der Waals surface area contributed by atoms with E-state index in [0.717, 1.165) is 0 Å². The zero-order valence-electron chi connectivity index (χ0n) is 15.8. The minimum atomic E-state index is -0.249.